The van der Waals surface area contributed by atoms with Crippen LogP contribution >= 0.6 is 12.2 Å². The lowest BCUT2D eigenvalue weighted by atomic mass is 10.2. The van der Waals surface area contributed by atoms with Crippen molar-refractivity contribution >= 4 is 23.0 Å². The second kappa shape index (κ2) is 8.89. The van der Waals surface area contributed by atoms with E-state index in [1.54, 1.807) is 12.1 Å². The number of hydrogen-bond donors (Lipinski definition) is 2. The van der Waals surface area contributed by atoms with E-state index in [1.165, 1.54) is 17.7 Å². The number of anilines is 1. The molecular formula is C19H22FN3OS. The summed E-state index contributed by atoms with van der Waals surface area (Å²) in [6.07, 6.45) is 0.0884. The van der Waals surface area contributed by atoms with Crippen LogP contribution in [-0.2, 0) is 11.3 Å². The molecule has 0 radical (unpaired) electrons. The summed E-state index contributed by atoms with van der Waals surface area (Å²) in [4.78, 5) is 2.39. The molecule has 1 fully saturated rings. The van der Waals surface area contributed by atoms with E-state index in [1.807, 2.05) is 6.07 Å². The highest BCUT2D eigenvalue weighted by Gasteiger charge is 2.20. The minimum atomic E-state index is -0.265. The van der Waals surface area contributed by atoms with E-state index in [0.717, 1.165) is 31.9 Å². The Kier molecular flexibility index (Phi) is 6.33. The number of nitrogens with one attached hydrogen (secondary N) is 2. The van der Waals surface area contributed by atoms with Crippen LogP contribution in [0.1, 0.15) is 5.56 Å². The molecule has 0 aromatic heterocycles. The largest absolute Gasteiger partial charge is 0.374 e. The molecule has 4 nitrogen and oxygen atoms in total. The molecule has 0 saturated carbocycles. The first-order valence-corrected chi connectivity index (χ1v) is 8.78. The number of thiocarbonyl (C=S) groups is 1. The Morgan fingerprint density at radius 2 is 1.92 bits per heavy atom. The predicted molar refractivity (Wildman–Crippen MR) is 102 cm³/mol. The summed E-state index contributed by atoms with van der Waals surface area (Å²) in [5.74, 6) is -0.265. The van der Waals surface area contributed by atoms with Gasteiger partial charge in [-0.25, -0.2) is 4.39 Å². The molecule has 0 spiro atoms. The molecule has 0 amide bonds. The second-order valence-electron chi connectivity index (χ2n) is 6.06. The van der Waals surface area contributed by atoms with Gasteiger partial charge in [-0.3, -0.25) is 4.90 Å². The monoisotopic (exact) mass is 359 g/mol. The quantitative estimate of drug-likeness (QED) is 0.803. The Bertz CT molecular complexity index is 681. The fourth-order valence-corrected chi connectivity index (χ4v) is 3.01. The Labute approximate surface area is 153 Å². The Balaban J connectivity index is 1.43. The molecule has 2 aromatic carbocycles. The van der Waals surface area contributed by atoms with Gasteiger partial charge in [0.05, 0.1) is 12.7 Å². The Hall–Kier alpha value is -2.02. The molecule has 6 heteroatoms. The van der Waals surface area contributed by atoms with Crippen molar-refractivity contribution in [3.8, 4) is 0 Å². The van der Waals surface area contributed by atoms with E-state index in [-0.39, 0.29) is 11.9 Å². The van der Waals surface area contributed by atoms with Crippen molar-refractivity contribution in [1.29, 1.82) is 0 Å². The lowest BCUT2D eigenvalue weighted by molar-refractivity contribution is -0.0279. The first kappa shape index (κ1) is 17.8. The van der Waals surface area contributed by atoms with Crippen molar-refractivity contribution < 1.29 is 9.13 Å². The third kappa shape index (κ3) is 5.77. The van der Waals surface area contributed by atoms with Crippen molar-refractivity contribution in [2.24, 2.45) is 0 Å². The average Bonchev–Trinajstić information content (AvgIpc) is 2.63. The molecule has 132 valence electrons. The van der Waals surface area contributed by atoms with Crippen molar-refractivity contribution in [1.82, 2.24) is 10.2 Å². The van der Waals surface area contributed by atoms with Gasteiger partial charge >= 0.3 is 0 Å². The van der Waals surface area contributed by atoms with E-state index in [0.29, 0.717) is 11.7 Å². The van der Waals surface area contributed by atoms with E-state index < -0.39 is 0 Å². The number of rotatable bonds is 5. The molecule has 0 aliphatic carbocycles. The van der Waals surface area contributed by atoms with Gasteiger partial charge in [-0.2, -0.15) is 0 Å². The molecule has 1 atom stereocenters. The van der Waals surface area contributed by atoms with Gasteiger partial charge in [0.2, 0.25) is 0 Å². The summed E-state index contributed by atoms with van der Waals surface area (Å²) < 4.78 is 18.7. The summed E-state index contributed by atoms with van der Waals surface area (Å²) in [6.45, 7) is 4.08. The number of halogens is 1. The maximum atomic E-state index is 12.9. The highest BCUT2D eigenvalue weighted by Crippen LogP contribution is 2.11. The zero-order valence-electron chi connectivity index (χ0n) is 14.0. The van der Waals surface area contributed by atoms with E-state index in [9.17, 15) is 4.39 Å². The number of morpholine rings is 1. The van der Waals surface area contributed by atoms with Gasteiger partial charge in [0.25, 0.3) is 0 Å². The average molecular weight is 359 g/mol. The third-order valence-electron chi connectivity index (χ3n) is 4.06. The number of benzene rings is 2. The fourth-order valence-electron chi connectivity index (χ4n) is 2.80. The van der Waals surface area contributed by atoms with Gasteiger partial charge in [-0.05, 0) is 42.0 Å². The van der Waals surface area contributed by atoms with Gasteiger partial charge in [-0.15, -0.1) is 0 Å². The number of hydrogen-bond acceptors (Lipinski definition) is 3. The van der Waals surface area contributed by atoms with E-state index in [4.69, 9.17) is 17.0 Å². The van der Waals surface area contributed by atoms with Crippen LogP contribution in [0.3, 0.4) is 0 Å². The first-order valence-electron chi connectivity index (χ1n) is 8.37. The van der Waals surface area contributed by atoms with Gasteiger partial charge < -0.3 is 15.4 Å². The fraction of sp³-hybridized carbons (Fsp3) is 0.316. The van der Waals surface area contributed by atoms with Crippen LogP contribution in [0.25, 0.3) is 0 Å². The Morgan fingerprint density at radius 3 is 2.68 bits per heavy atom. The van der Waals surface area contributed by atoms with Crippen LogP contribution in [0.2, 0.25) is 0 Å². The first-order chi connectivity index (χ1) is 12.2. The third-order valence-corrected chi connectivity index (χ3v) is 4.31. The highest BCUT2D eigenvalue weighted by molar-refractivity contribution is 7.80. The molecule has 1 heterocycles. The van der Waals surface area contributed by atoms with Crippen LogP contribution in [0, 0.1) is 5.82 Å². The molecule has 2 aromatic rings. The van der Waals surface area contributed by atoms with Crippen molar-refractivity contribution in [2.75, 3.05) is 31.6 Å². The summed E-state index contributed by atoms with van der Waals surface area (Å²) in [5.41, 5.74) is 2.07. The number of ether oxygens (including phenoxy) is 1. The molecule has 1 aliphatic heterocycles. The van der Waals surface area contributed by atoms with Gasteiger partial charge in [0, 0.05) is 31.9 Å². The SMILES string of the molecule is Fc1ccc(NC(=S)NC[C@@H]2CN(Cc3ccccc3)CCO2)cc1. The molecule has 3 rings (SSSR count). The van der Waals surface area contributed by atoms with Gasteiger partial charge in [0.1, 0.15) is 5.82 Å². The topological polar surface area (TPSA) is 36.5 Å². The summed E-state index contributed by atoms with van der Waals surface area (Å²) in [5, 5.41) is 6.73. The molecule has 0 unspecified atom stereocenters. The lowest BCUT2D eigenvalue weighted by Gasteiger charge is -2.33. The zero-order chi connectivity index (χ0) is 17.5. The van der Waals surface area contributed by atoms with Crippen molar-refractivity contribution in [2.45, 2.75) is 12.6 Å². The summed E-state index contributed by atoms with van der Waals surface area (Å²) in [7, 11) is 0. The zero-order valence-corrected chi connectivity index (χ0v) is 14.8. The molecule has 1 saturated heterocycles. The van der Waals surface area contributed by atoms with Crippen LogP contribution < -0.4 is 10.6 Å². The molecule has 2 N–H and O–H groups in total. The normalized spacial score (nSPS) is 17.9. The Morgan fingerprint density at radius 1 is 1.16 bits per heavy atom. The van der Waals surface area contributed by atoms with Crippen LogP contribution in [0.4, 0.5) is 10.1 Å². The standard InChI is InChI=1S/C19H22FN3OS/c20-16-6-8-17(9-7-16)22-19(25)21-12-18-14-23(10-11-24-18)13-15-4-2-1-3-5-15/h1-9,18H,10-14H2,(H2,21,22,25)/t18-/m1/s1. The second-order valence-corrected chi connectivity index (χ2v) is 6.46. The molecular weight excluding hydrogens is 337 g/mol. The molecule has 1 aliphatic rings. The summed E-state index contributed by atoms with van der Waals surface area (Å²) >= 11 is 5.29. The highest BCUT2D eigenvalue weighted by atomic mass is 32.1. The molecule has 0 bridgehead atoms. The van der Waals surface area contributed by atoms with E-state index >= 15 is 0 Å². The van der Waals surface area contributed by atoms with Crippen LogP contribution in [0.5, 0.6) is 0 Å². The van der Waals surface area contributed by atoms with E-state index in [2.05, 4.69) is 39.8 Å². The van der Waals surface area contributed by atoms with Crippen LogP contribution in [-0.4, -0.2) is 42.4 Å². The van der Waals surface area contributed by atoms with Crippen LogP contribution in [0.15, 0.2) is 54.6 Å². The summed E-state index contributed by atoms with van der Waals surface area (Å²) in [6, 6.07) is 16.6. The van der Waals surface area contributed by atoms with Crippen molar-refractivity contribution in [3.63, 3.8) is 0 Å². The van der Waals surface area contributed by atoms with Crippen molar-refractivity contribution in [3.05, 3.63) is 66.0 Å². The lowest BCUT2D eigenvalue weighted by Crippen LogP contribution is -2.47. The van der Waals surface area contributed by atoms with Gasteiger partial charge in [0.15, 0.2) is 5.11 Å². The van der Waals surface area contributed by atoms with Gasteiger partial charge in [-0.1, -0.05) is 30.3 Å². The minimum Gasteiger partial charge on any atom is -0.374 e. The predicted octanol–water partition coefficient (Wildman–Crippen LogP) is 3.01. The number of nitrogens with zero attached hydrogens (tertiary/aromatic N) is 1. The minimum absolute atomic E-state index is 0.0884. The maximum absolute atomic E-state index is 12.9. The maximum Gasteiger partial charge on any atom is 0.170 e. The molecule has 25 heavy (non-hydrogen) atoms. The smallest absolute Gasteiger partial charge is 0.170 e.